The minimum absolute atomic E-state index is 0.105. The van der Waals surface area contributed by atoms with Gasteiger partial charge in [-0.3, -0.25) is 4.79 Å². The molecule has 2 aromatic rings. The Morgan fingerprint density at radius 2 is 2.00 bits per heavy atom. The quantitative estimate of drug-likeness (QED) is 0.864. The van der Waals surface area contributed by atoms with Gasteiger partial charge in [-0.15, -0.1) is 0 Å². The molecule has 1 saturated heterocycles. The van der Waals surface area contributed by atoms with Gasteiger partial charge in [0.2, 0.25) is 11.9 Å². The summed E-state index contributed by atoms with van der Waals surface area (Å²) in [5.74, 6) is 0.706. The van der Waals surface area contributed by atoms with E-state index in [-0.39, 0.29) is 11.9 Å². The van der Waals surface area contributed by atoms with Crippen molar-refractivity contribution in [1.29, 1.82) is 0 Å². The molecule has 2 heterocycles. The SMILES string of the molecule is Cc1ccnc(N(C)C2CCN(c3ccccc3)C2=O)n1. The molecule has 0 spiro atoms. The van der Waals surface area contributed by atoms with Crippen LogP contribution in [0.2, 0.25) is 0 Å². The Bertz CT molecular complexity index is 644. The van der Waals surface area contributed by atoms with E-state index in [0.29, 0.717) is 5.95 Å². The first-order valence-corrected chi connectivity index (χ1v) is 7.06. The Morgan fingerprint density at radius 1 is 1.24 bits per heavy atom. The molecule has 3 rings (SSSR count). The molecule has 0 bridgehead atoms. The first kappa shape index (κ1) is 13.5. The zero-order valence-electron chi connectivity index (χ0n) is 12.2. The number of nitrogens with zero attached hydrogens (tertiary/aromatic N) is 4. The molecule has 21 heavy (non-hydrogen) atoms. The molecule has 1 aliphatic heterocycles. The van der Waals surface area contributed by atoms with Gasteiger partial charge in [-0.05, 0) is 31.5 Å². The largest absolute Gasteiger partial charge is 0.332 e. The summed E-state index contributed by atoms with van der Waals surface area (Å²) in [5, 5.41) is 0. The van der Waals surface area contributed by atoms with Crippen LogP contribution in [0.1, 0.15) is 12.1 Å². The van der Waals surface area contributed by atoms with E-state index in [0.717, 1.165) is 24.3 Å². The average molecular weight is 282 g/mol. The molecule has 0 saturated carbocycles. The summed E-state index contributed by atoms with van der Waals surface area (Å²) in [4.78, 5) is 25.0. The normalized spacial score (nSPS) is 18.1. The van der Waals surface area contributed by atoms with Gasteiger partial charge in [-0.1, -0.05) is 18.2 Å². The van der Waals surface area contributed by atoms with Crippen LogP contribution in [-0.4, -0.2) is 35.5 Å². The highest BCUT2D eigenvalue weighted by atomic mass is 16.2. The maximum absolute atomic E-state index is 12.6. The molecule has 5 heteroatoms. The summed E-state index contributed by atoms with van der Waals surface area (Å²) in [6.07, 6.45) is 2.50. The van der Waals surface area contributed by atoms with Gasteiger partial charge >= 0.3 is 0 Å². The molecule has 0 N–H and O–H groups in total. The third-order valence-electron chi connectivity index (χ3n) is 3.81. The molecule has 1 fully saturated rings. The minimum Gasteiger partial charge on any atom is -0.332 e. The van der Waals surface area contributed by atoms with Gasteiger partial charge in [0.25, 0.3) is 0 Å². The number of hydrogen-bond donors (Lipinski definition) is 0. The maximum atomic E-state index is 12.6. The molecular weight excluding hydrogens is 264 g/mol. The predicted molar refractivity (Wildman–Crippen MR) is 82.4 cm³/mol. The molecule has 1 aromatic heterocycles. The van der Waals surface area contributed by atoms with Crippen molar-refractivity contribution in [2.45, 2.75) is 19.4 Å². The van der Waals surface area contributed by atoms with Crippen molar-refractivity contribution in [3.8, 4) is 0 Å². The van der Waals surface area contributed by atoms with Crippen LogP contribution >= 0.6 is 0 Å². The number of hydrogen-bond acceptors (Lipinski definition) is 4. The Balaban J connectivity index is 1.80. The fourth-order valence-corrected chi connectivity index (χ4v) is 2.63. The van der Waals surface area contributed by atoms with Crippen molar-refractivity contribution in [1.82, 2.24) is 9.97 Å². The number of amides is 1. The van der Waals surface area contributed by atoms with Gasteiger partial charge in [-0.2, -0.15) is 0 Å². The zero-order valence-corrected chi connectivity index (χ0v) is 12.2. The number of carbonyl (C=O) groups is 1. The number of rotatable bonds is 3. The van der Waals surface area contributed by atoms with Crippen molar-refractivity contribution in [2.24, 2.45) is 0 Å². The smallest absolute Gasteiger partial charge is 0.249 e. The number of carbonyl (C=O) groups excluding carboxylic acids is 1. The number of para-hydroxylation sites is 1. The molecule has 1 unspecified atom stereocenters. The highest BCUT2D eigenvalue weighted by Crippen LogP contribution is 2.25. The summed E-state index contributed by atoms with van der Waals surface area (Å²) in [6.45, 7) is 2.65. The van der Waals surface area contributed by atoms with E-state index in [2.05, 4.69) is 9.97 Å². The van der Waals surface area contributed by atoms with Crippen molar-refractivity contribution >= 4 is 17.5 Å². The summed E-state index contributed by atoms with van der Waals surface area (Å²) >= 11 is 0. The molecule has 1 aliphatic rings. The van der Waals surface area contributed by atoms with Crippen LogP contribution in [0.3, 0.4) is 0 Å². The fourth-order valence-electron chi connectivity index (χ4n) is 2.63. The van der Waals surface area contributed by atoms with Gasteiger partial charge in [0.15, 0.2) is 0 Å². The molecular formula is C16H18N4O. The lowest BCUT2D eigenvalue weighted by atomic mass is 10.2. The van der Waals surface area contributed by atoms with E-state index in [1.54, 1.807) is 6.20 Å². The van der Waals surface area contributed by atoms with Crippen molar-refractivity contribution in [2.75, 3.05) is 23.4 Å². The number of anilines is 2. The van der Waals surface area contributed by atoms with Crippen molar-refractivity contribution in [3.63, 3.8) is 0 Å². The lowest BCUT2D eigenvalue weighted by Crippen LogP contribution is -2.40. The van der Waals surface area contributed by atoms with E-state index in [9.17, 15) is 4.79 Å². The molecule has 1 amide bonds. The number of aromatic nitrogens is 2. The first-order valence-electron chi connectivity index (χ1n) is 7.06. The van der Waals surface area contributed by atoms with E-state index in [1.807, 2.05) is 60.2 Å². The van der Waals surface area contributed by atoms with Crippen LogP contribution in [0.4, 0.5) is 11.6 Å². The number of benzene rings is 1. The minimum atomic E-state index is -0.202. The van der Waals surface area contributed by atoms with Gasteiger partial charge in [0, 0.05) is 31.2 Å². The van der Waals surface area contributed by atoms with E-state index >= 15 is 0 Å². The standard InChI is InChI=1S/C16H18N4O/c1-12-8-10-17-16(18-12)19(2)14-9-11-20(15(14)21)13-6-4-3-5-7-13/h3-8,10,14H,9,11H2,1-2H3. The Hall–Kier alpha value is -2.43. The molecule has 0 aliphatic carbocycles. The van der Waals surface area contributed by atoms with Crippen LogP contribution in [0.5, 0.6) is 0 Å². The third-order valence-corrected chi connectivity index (χ3v) is 3.81. The van der Waals surface area contributed by atoms with E-state index in [1.165, 1.54) is 0 Å². The second-order valence-electron chi connectivity index (χ2n) is 5.24. The van der Waals surface area contributed by atoms with Gasteiger partial charge in [-0.25, -0.2) is 9.97 Å². The molecule has 5 nitrogen and oxygen atoms in total. The van der Waals surface area contributed by atoms with Gasteiger partial charge in [0.05, 0.1) is 0 Å². The number of likely N-dealkylation sites (N-methyl/N-ethyl adjacent to an activating group) is 1. The lowest BCUT2D eigenvalue weighted by molar-refractivity contribution is -0.118. The second-order valence-corrected chi connectivity index (χ2v) is 5.24. The van der Waals surface area contributed by atoms with Crippen LogP contribution < -0.4 is 9.80 Å². The lowest BCUT2D eigenvalue weighted by Gasteiger charge is -2.24. The van der Waals surface area contributed by atoms with Crippen molar-refractivity contribution < 1.29 is 4.79 Å². The Labute approximate surface area is 124 Å². The molecule has 1 atom stereocenters. The van der Waals surface area contributed by atoms with Crippen LogP contribution in [0, 0.1) is 6.92 Å². The van der Waals surface area contributed by atoms with Crippen LogP contribution in [0.25, 0.3) is 0 Å². The summed E-state index contributed by atoms with van der Waals surface area (Å²) in [7, 11) is 1.88. The monoisotopic (exact) mass is 282 g/mol. The summed E-state index contributed by atoms with van der Waals surface area (Å²) < 4.78 is 0. The van der Waals surface area contributed by atoms with Gasteiger partial charge < -0.3 is 9.80 Å². The van der Waals surface area contributed by atoms with Crippen molar-refractivity contribution in [3.05, 3.63) is 48.3 Å². The second kappa shape index (κ2) is 5.52. The fraction of sp³-hybridized carbons (Fsp3) is 0.312. The van der Waals surface area contributed by atoms with Gasteiger partial charge in [0.1, 0.15) is 6.04 Å². The molecule has 0 radical (unpaired) electrons. The Kier molecular flexibility index (Phi) is 3.56. The van der Waals surface area contributed by atoms with Crippen LogP contribution in [-0.2, 0) is 4.79 Å². The topological polar surface area (TPSA) is 49.3 Å². The average Bonchev–Trinajstić information content (AvgIpc) is 2.89. The Morgan fingerprint density at radius 3 is 2.71 bits per heavy atom. The molecule has 108 valence electrons. The van der Waals surface area contributed by atoms with Crippen LogP contribution in [0.15, 0.2) is 42.6 Å². The maximum Gasteiger partial charge on any atom is 0.249 e. The highest BCUT2D eigenvalue weighted by Gasteiger charge is 2.36. The van der Waals surface area contributed by atoms with E-state index < -0.39 is 0 Å². The number of aryl methyl sites for hydroxylation is 1. The van der Waals surface area contributed by atoms with E-state index in [4.69, 9.17) is 0 Å². The highest BCUT2D eigenvalue weighted by molar-refractivity contribution is 6.01. The molecule has 1 aromatic carbocycles. The predicted octanol–water partition coefficient (Wildman–Crippen LogP) is 2.03. The third kappa shape index (κ3) is 2.59. The summed E-state index contributed by atoms with van der Waals surface area (Å²) in [5.41, 5.74) is 1.85. The summed E-state index contributed by atoms with van der Waals surface area (Å²) in [6, 6.07) is 11.4. The first-order chi connectivity index (χ1) is 10.2. The zero-order chi connectivity index (χ0) is 14.8.